The Bertz CT molecular complexity index is 348. The minimum absolute atomic E-state index is 0.425. The Labute approximate surface area is 77.0 Å². The summed E-state index contributed by atoms with van der Waals surface area (Å²) in [6, 6.07) is 1.05. The molecule has 14 heavy (non-hydrogen) atoms. The van der Waals surface area contributed by atoms with Crippen LogP contribution in [0, 0.1) is 5.82 Å². The Balaban J connectivity index is 3.32. The lowest BCUT2D eigenvalue weighted by Gasteiger charge is -2.11. The van der Waals surface area contributed by atoms with Crippen LogP contribution in [0.2, 0.25) is 0 Å². The van der Waals surface area contributed by atoms with E-state index >= 15 is 0 Å². The number of aliphatic hydroxyl groups excluding tert-OH is 1. The Morgan fingerprint density at radius 1 is 1.29 bits per heavy atom. The zero-order valence-electron chi connectivity index (χ0n) is 6.90. The molecule has 0 aliphatic rings. The van der Waals surface area contributed by atoms with E-state index in [0.717, 1.165) is 0 Å². The van der Waals surface area contributed by atoms with E-state index in [0.29, 0.717) is 12.1 Å². The van der Waals surface area contributed by atoms with Gasteiger partial charge in [-0.25, -0.2) is 4.39 Å². The second-order valence-electron chi connectivity index (χ2n) is 2.69. The molecule has 0 aromatic heterocycles. The van der Waals surface area contributed by atoms with Crippen molar-refractivity contribution in [1.29, 1.82) is 0 Å². The number of alkyl halides is 3. The van der Waals surface area contributed by atoms with Gasteiger partial charge in [0.1, 0.15) is 5.82 Å². The van der Waals surface area contributed by atoms with Gasteiger partial charge in [-0.2, -0.15) is 13.2 Å². The summed E-state index contributed by atoms with van der Waals surface area (Å²) in [4.78, 5) is 0. The van der Waals surface area contributed by atoms with Gasteiger partial charge in [-0.1, -0.05) is 0 Å². The normalized spacial score (nSPS) is 11.8. The molecule has 0 fully saturated rings. The molecule has 1 rings (SSSR count). The van der Waals surface area contributed by atoms with Gasteiger partial charge in [0.15, 0.2) is 0 Å². The number of aliphatic hydroxyl groups is 1. The molecule has 2 nitrogen and oxygen atoms in total. The largest absolute Gasteiger partial charge is 0.418 e. The summed E-state index contributed by atoms with van der Waals surface area (Å²) in [5, 5.41) is 8.55. The predicted molar refractivity (Wildman–Crippen MR) is 41.7 cm³/mol. The van der Waals surface area contributed by atoms with Crippen LogP contribution < -0.4 is 5.73 Å². The monoisotopic (exact) mass is 209 g/mol. The molecule has 0 radical (unpaired) electrons. The molecule has 0 heterocycles. The van der Waals surface area contributed by atoms with E-state index in [1.807, 2.05) is 0 Å². The first kappa shape index (κ1) is 10.8. The maximum Gasteiger partial charge on any atom is 0.418 e. The fourth-order valence-corrected chi connectivity index (χ4v) is 1.00. The van der Waals surface area contributed by atoms with Crippen LogP contribution in [0.5, 0.6) is 0 Å². The molecule has 0 saturated carbocycles. The van der Waals surface area contributed by atoms with Crippen LogP contribution in [-0.2, 0) is 12.8 Å². The summed E-state index contributed by atoms with van der Waals surface area (Å²) in [7, 11) is 0. The maximum absolute atomic E-state index is 12.8. The molecule has 0 spiro atoms. The smallest absolute Gasteiger partial charge is 0.398 e. The van der Waals surface area contributed by atoms with Crippen molar-refractivity contribution in [2.24, 2.45) is 0 Å². The minimum atomic E-state index is -4.64. The van der Waals surface area contributed by atoms with E-state index in [1.165, 1.54) is 0 Å². The third-order valence-electron chi connectivity index (χ3n) is 1.69. The topological polar surface area (TPSA) is 46.2 Å². The fourth-order valence-electron chi connectivity index (χ4n) is 1.00. The number of hydrogen-bond acceptors (Lipinski definition) is 2. The molecule has 0 unspecified atom stereocenters. The third kappa shape index (κ3) is 1.95. The number of nitrogens with two attached hydrogens (primary N) is 1. The summed E-state index contributed by atoms with van der Waals surface area (Å²) in [6.07, 6.45) is -4.64. The van der Waals surface area contributed by atoms with E-state index < -0.39 is 35.4 Å². The van der Waals surface area contributed by atoms with E-state index in [2.05, 4.69) is 0 Å². The van der Waals surface area contributed by atoms with Crippen molar-refractivity contribution in [1.82, 2.24) is 0 Å². The second kappa shape index (κ2) is 3.45. The van der Waals surface area contributed by atoms with Crippen molar-refractivity contribution in [3.63, 3.8) is 0 Å². The molecule has 0 aliphatic carbocycles. The van der Waals surface area contributed by atoms with Crippen LogP contribution >= 0.6 is 0 Å². The average Bonchev–Trinajstić information content (AvgIpc) is 2.02. The Hall–Kier alpha value is -1.30. The molecular weight excluding hydrogens is 202 g/mol. The van der Waals surface area contributed by atoms with Crippen LogP contribution in [-0.4, -0.2) is 5.11 Å². The van der Waals surface area contributed by atoms with Crippen molar-refractivity contribution in [2.45, 2.75) is 12.8 Å². The van der Waals surface area contributed by atoms with E-state index in [9.17, 15) is 17.6 Å². The molecule has 1 aromatic carbocycles. The Morgan fingerprint density at radius 3 is 2.29 bits per heavy atom. The van der Waals surface area contributed by atoms with Gasteiger partial charge in [-0.3, -0.25) is 0 Å². The predicted octanol–water partition coefficient (Wildman–Crippen LogP) is 1.92. The lowest BCUT2D eigenvalue weighted by molar-refractivity contribution is -0.137. The van der Waals surface area contributed by atoms with E-state index in [4.69, 9.17) is 10.8 Å². The lowest BCUT2D eigenvalue weighted by atomic mass is 10.1. The maximum atomic E-state index is 12.8. The van der Waals surface area contributed by atoms with Crippen molar-refractivity contribution in [3.05, 3.63) is 29.1 Å². The van der Waals surface area contributed by atoms with Crippen LogP contribution in [0.15, 0.2) is 12.1 Å². The van der Waals surface area contributed by atoms with E-state index in [-0.39, 0.29) is 0 Å². The molecule has 0 amide bonds. The molecule has 0 aliphatic heterocycles. The number of nitrogen functional groups attached to an aromatic ring is 1. The van der Waals surface area contributed by atoms with E-state index in [1.54, 1.807) is 0 Å². The standard InChI is InChI=1S/C8H7F4NO/c9-6-2-7(13)5(8(10,11)12)1-4(6)3-14/h1-2,14H,3,13H2. The Kier molecular flexibility index (Phi) is 2.66. The van der Waals surface area contributed by atoms with Gasteiger partial charge in [0.2, 0.25) is 0 Å². The van der Waals surface area contributed by atoms with Crippen LogP contribution in [0.1, 0.15) is 11.1 Å². The van der Waals surface area contributed by atoms with Gasteiger partial charge in [0.05, 0.1) is 12.2 Å². The minimum Gasteiger partial charge on any atom is -0.398 e. The third-order valence-corrected chi connectivity index (χ3v) is 1.69. The fraction of sp³-hybridized carbons (Fsp3) is 0.250. The highest BCUT2D eigenvalue weighted by atomic mass is 19.4. The SMILES string of the molecule is Nc1cc(F)c(CO)cc1C(F)(F)F. The molecule has 6 heteroatoms. The van der Waals surface area contributed by atoms with Crippen molar-refractivity contribution in [2.75, 3.05) is 5.73 Å². The number of hydrogen-bond donors (Lipinski definition) is 2. The molecular formula is C8H7F4NO. The number of halogens is 4. The first-order valence-electron chi connectivity index (χ1n) is 3.62. The molecule has 0 bridgehead atoms. The molecule has 0 atom stereocenters. The number of anilines is 1. The lowest BCUT2D eigenvalue weighted by Crippen LogP contribution is -2.10. The molecule has 1 aromatic rings. The molecule has 0 saturated heterocycles. The van der Waals surface area contributed by atoms with Gasteiger partial charge in [-0.15, -0.1) is 0 Å². The summed E-state index contributed by atoms with van der Waals surface area (Å²) in [6.45, 7) is -0.796. The van der Waals surface area contributed by atoms with Gasteiger partial charge in [0, 0.05) is 11.3 Å². The highest BCUT2D eigenvalue weighted by Crippen LogP contribution is 2.34. The van der Waals surface area contributed by atoms with Gasteiger partial charge in [-0.05, 0) is 12.1 Å². The first-order valence-corrected chi connectivity index (χ1v) is 3.62. The quantitative estimate of drug-likeness (QED) is 0.548. The number of benzene rings is 1. The van der Waals surface area contributed by atoms with Crippen LogP contribution in [0.25, 0.3) is 0 Å². The zero-order valence-corrected chi connectivity index (χ0v) is 6.90. The van der Waals surface area contributed by atoms with Gasteiger partial charge in [0.25, 0.3) is 0 Å². The first-order chi connectivity index (χ1) is 6.36. The van der Waals surface area contributed by atoms with Crippen LogP contribution in [0.3, 0.4) is 0 Å². The summed E-state index contributed by atoms with van der Waals surface area (Å²) < 4.78 is 49.4. The van der Waals surface area contributed by atoms with Crippen molar-refractivity contribution >= 4 is 5.69 Å². The highest BCUT2D eigenvalue weighted by molar-refractivity contribution is 5.50. The molecule has 78 valence electrons. The Morgan fingerprint density at radius 2 is 1.86 bits per heavy atom. The van der Waals surface area contributed by atoms with Gasteiger partial charge >= 0.3 is 6.18 Å². The summed E-state index contributed by atoms with van der Waals surface area (Å²) in [5.41, 5.74) is 2.74. The second-order valence-corrected chi connectivity index (χ2v) is 2.69. The number of rotatable bonds is 1. The van der Waals surface area contributed by atoms with Crippen molar-refractivity contribution in [3.8, 4) is 0 Å². The van der Waals surface area contributed by atoms with Crippen LogP contribution in [0.4, 0.5) is 23.2 Å². The molecule has 3 N–H and O–H groups in total. The summed E-state index contributed by atoms with van der Waals surface area (Å²) in [5.74, 6) is -0.946. The highest BCUT2D eigenvalue weighted by Gasteiger charge is 2.33. The average molecular weight is 209 g/mol. The zero-order chi connectivity index (χ0) is 10.9. The van der Waals surface area contributed by atoms with Gasteiger partial charge < -0.3 is 10.8 Å². The summed E-state index contributed by atoms with van der Waals surface area (Å²) >= 11 is 0. The van der Waals surface area contributed by atoms with Crippen molar-refractivity contribution < 1.29 is 22.7 Å².